The Morgan fingerprint density at radius 1 is 1.18 bits per heavy atom. The first-order valence-electron chi connectivity index (χ1n) is 5.89. The third kappa shape index (κ3) is 4.81. The van der Waals surface area contributed by atoms with Gasteiger partial charge in [0.2, 0.25) is 0 Å². The molecule has 0 aliphatic heterocycles. The molecule has 1 rings (SSSR count). The molecule has 0 aliphatic carbocycles. The highest BCUT2D eigenvalue weighted by Crippen LogP contribution is 2.14. The summed E-state index contributed by atoms with van der Waals surface area (Å²) < 4.78 is 5.03. The summed E-state index contributed by atoms with van der Waals surface area (Å²) in [6.45, 7) is 0. The van der Waals surface area contributed by atoms with E-state index >= 15 is 0 Å². The van der Waals surface area contributed by atoms with Gasteiger partial charge in [-0.05, 0) is 37.1 Å². The van der Waals surface area contributed by atoms with Crippen LogP contribution < -0.4 is 4.74 Å². The number of methoxy groups -OCH3 is 1. The van der Waals surface area contributed by atoms with Crippen molar-refractivity contribution in [3.8, 4) is 5.75 Å². The maximum atomic E-state index is 11.8. The van der Waals surface area contributed by atoms with Crippen molar-refractivity contribution in [3.05, 3.63) is 29.8 Å². The summed E-state index contributed by atoms with van der Waals surface area (Å²) in [5.41, 5.74) is 0.723. The molecule has 0 radical (unpaired) electrons. The van der Waals surface area contributed by atoms with Crippen LogP contribution in [0, 0.1) is 0 Å². The molecule has 3 nitrogen and oxygen atoms in total. The molecule has 0 saturated heterocycles. The van der Waals surface area contributed by atoms with E-state index in [2.05, 4.69) is 0 Å². The number of hydrogen-bond acceptors (Lipinski definition) is 3. The standard InChI is InChI=1S/C14H18O3/c1-17-13-9-7-12(8-10-13)14(16)6-4-2-3-5-11-15/h7-11H,2-6H2,1H3. The summed E-state index contributed by atoms with van der Waals surface area (Å²) in [6.07, 6.45) is 4.71. The molecule has 0 unspecified atom stereocenters. The molecule has 92 valence electrons. The van der Waals surface area contributed by atoms with Crippen LogP contribution >= 0.6 is 0 Å². The Bertz CT molecular complexity index is 354. The summed E-state index contributed by atoms with van der Waals surface area (Å²) in [4.78, 5) is 21.9. The highest BCUT2D eigenvalue weighted by atomic mass is 16.5. The molecule has 3 heteroatoms. The molecule has 17 heavy (non-hydrogen) atoms. The number of carbonyl (C=O) groups is 2. The van der Waals surface area contributed by atoms with Crippen molar-refractivity contribution < 1.29 is 14.3 Å². The topological polar surface area (TPSA) is 43.4 Å². The van der Waals surface area contributed by atoms with Gasteiger partial charge in [0.05, 0.1) is 7.11 Å². The Morgan fingerprint density at radius 2 is 1.88 bits per heavy atom. The van der Waals surface area contributed by atoms with Gasteiger partial charge in [0.25, 0.3) is 0 Å². The van der Waals surface area contributed by atoms with Crippen molar-refractivity contribution in [2.75, 3.05) is 7.11 Å². The maximum Gasteiger partial charge on any atom is 0.162 e. The number of rotatable bonds is 8. The van der Waals surface area contributed by atoms with Crippen molar-refractivity contribution in [3.63, 3.8) is 0 Å². The van der Waals surface area contributed by atoms with E-state index in [0.29, 0.717) is 12.8 Å². The largest absolute Gasteiger partial charge is 0.497 e. The second kappa shape index (κ2) is 7.60. The average Bonchev–Trinajstić information content (AvgIpc) is 2.38. The molecule has 0 atom stereocenters. The predicted octanol–water partition coefficient (Wildman–Crippen LogP) is 3.03. The van der Waals surface area contributed by atoms with Gasteiger partial charge in [-0.3, -0.25) is 4.79 Å². The van der Waals surface area contributed by atoms with Crippen LogP contribution in [-0.4, -0.2) is 19.2 Å². The fourth-order valence-electron chi connectivity index (χ4n) is 1.61. The fraction of sp³-hybridized carbons (Fsp3) is 0.429. The lowest BCUT2D eigenvalue weighted by atomic mass is 10.0. The first-order chi connectivity index (χ1) is 8.27. The number of aldehydes is 1. The number of benzene rings is 1. The highest BCUT2D eigenvalue weighted by molar-refractivity contribution is 5.96. The second-order valence-corrected chi connectivity index (χ2v) is 3.92. The molecule has 0 heterocycles. The zero-order chi connectivity index (χ0) is 12.5. The molecule has 0 saturated carbocycles. The van der Waals surface area contributed by atoms with E-state index in [0.717, 1.165) is 36.9 Å². The van der Waals surface area contributed by atoms with Crippen molar-refractivity contribution in [1.82, 2.24) is 0 Å². The van der Waals surface area contributed by atoms with Crippen LogP contribution in [0.4, 0.5) is 0 Å². The molecule has 1 aromatic rings. The van der Waals surface area contributed by atoms with Gasteiger partial charge in [-0.25, -0.2) is 0 Å². The molecule has 0 aliphatic rings. The van der Waals surface area contributed by atoms with Crippen molar-refractivity contribution in [2.45, 2.75) is 32.1 Å². The smallest absolute Gasteiger partial charge is 0.162 e. The van der Waals surface area contributed by atoms with E-state index in [1.807, 2.05) is 0 Å². The fourth-order valence-corrected chi connectivity index (χ4v) is 1.61. The summed E-state index contributed by atoms with van der Waals surface area (Å²) >= 11 is 0. The molecule has 0 bridgehead atoms. The third-order valence-electron chi connectivity index (χ3n) is 2.64. The molecular formula is C14H18O3. The van der Waals surface area contributed by atoms with Gasteiger partial charge in [0, 0.05) is 18.4 Å². The van der Waals surface area contributed by atoms with Crippen molar-refractivity contribution in [2.24, 2.45) is 0 Å². The van der Waals surface area contributed by atoms with Gasteiger partial charge >= 0.3 is 0 Å². The second-order valence-electron chi connectivity index (χ2n) is 3.92. The van der Waals surface area contributed by atoms with Crippen molar-refractivity contribution >= 4 is 12.1 Å². The summed E-state index contributed by atoms with van der Waals surface area (Å²) in [5, 5.41) is 0. The van der Waals surface area contributed by atoms with Gasteiger partial charge in [0.15, 0.2) is 5.78 Å². The molecule has 0 fully saturated rings. The van der Waals surface area contributed by atoms with Gasteiger partial charge in [-0.2, -0.15) is 0 Å². The summed E-state index contributed by atoms with van der Waals surface area (Å²) in [5.74, 6) is 0.909. The SMILES string of the molecule is COc1ccc(C(=O)CCCCCC=O)cc1. The number of carbonyl (C=O) groups excluding carboxylic acids is 2. The molecular weight excluding hydrogens is 216 g/mol. The Morgan fingerprint density at radius 3 is 2.47 bits per heavy atom. The lowest BCUT2D eigenvalue weighted by Gasteiger charge is -2.02. The van der Waals surface area contributed by atoms with Gasteiger partial charge in [-0.1, -0.05) is 6.42 Å². The first-order valence-corrected chi connectivity index (χ1v) is 5.89. The number of ketones is 1. The van der Waals surface area contributed by atoms with E-state index in [1.54, 1.807) is 31.4 Å². The van der Waals surface area contributed by atoms with Crippen molar-refractivity contribution in [1.29, 1.82) is 0 Å². The number of ether oxygens (including phenoxy) is 1. The Balaban J connectivity index is 2.33. The summed E-state index contributed by atoms with van der Waals surface area (Å²) in [7, 11) is 1.60. The monoisotopic (exact) mass is 234 g/mol. The first kappa shape index (κ1) is 13.4. The predicted molar refractivity (Wildman–Crippen MR) is 66.5 cm³/mol. The zero-order valence-corrected chi connectivity index (χ0v) is 10.1. The van der Waals surface area contributed by atoms with Crippen LogP contribution in [0.15, 0.2) is 24.3 Å². The minimum absolute atomic E-state index is 0.152. The van der Waals surface area contributed by atoms with Crippen LogP contribution in [-0.2, 0) is 4.79 Å². The Hall–Kier alpha value is -1.64. The molecule has 0 amide bonds. The van der Waals surface area contributed by atoms with Crippen LogP contribution in [0.2, 0.25) is 0 Å². The average molecular weight is 234 g/mol. The van der Waals surface area contributed by atoms with Crippen LogP contribution in [0.1, 0.15) is 42.5 Å². The van der Waals surface area contributed by atoms with Gasteiger partial charge < -0.3 is 9.53 Å². The zero-order valence-electron chi connectivity index (χ0n) is 10.1. The van der Waals surface area contributed by atoms with Crippen LogP contribution in [0.25, 0.3) is 0 Å². The number of unbranched alkanes of at least 4 members (excludes halogenated alkanes) is 3. The Kier molecular flexibility index (Phi) is 6.00. The highest BCUT2D eigenvalue weighted by Gasteiger charge is 2.05. The van der Waals surface area contributed by atoms with Crippen LogP contribution in [0.3, 0.4) is 0 Å². The molecule has 0 aromatic heterocycles. The molecule has 1 aromatic carbocycles. The van der Waals surface area contributed by atoms with Gasteiger partial charge in [0.1, 0.15) is 12.0 Å². The van der Waals surface area contributed by atoms with E-state index in [9.17, 15) is 9.59 Å². The summed E-state index contributed by atoms with van der Waals surface area (Å²) in [6, 6.07) is 7.15. The lowest BCUT2D eigenvalue weighted by Crippen LogP contribution is -1.98. The number of hydrogen-bond donors (Lipinski definition) is 0. The van der Waals surface area contributed by atoms with Crippen LogP contribution in [0.5, 0.6) is 5.75 Å². The number of Topliss-reactive ketones (excluding diaryl/α,β-unsaturated/α-hetero) is 1. The Labute approximate surface area is 102 Å². The third-order valence-corrected chi connectivity index (χ3v) is 2.64. The lowest BCUT2D eigenvalue weighted by molar-refractivity contribution is -0.107. The molecule has 0 spiro atoms. The minimum atomic E-state index is 0.152. The van der Waals surface area contributed by atoms with E-state index in [4.69, 9.17) is 4.74 Å². The van der Waals surface area contributed by atoms with E-state index in [1.165, 1.54) is 0 Å². The maximum absolute atomic E-state index is 11.8. The minimum Gasteiger partial charge on any atom is -0.497 e. The van der Waals surface area contributed by atoms with E-state index in [-0.39, 0.29) is 5.78 Å². The quantitative estimate of drug-likeness (QED) is 0.394. The normalized spacial score (nSPS) is 9.94. The molecule has 0 N–H and O–H groups in total. The van der Waals surface area contributed by atoms with E-state index < -0.39 is 0 Å². The van der Waals surface area contributed by atoms with Gasteiger partial charge in [-0.15, -0.1) is 0 Å².